The number of ether oxygens (including phenoxy) is 1. The highest BCUT2D eigenvalue weighted by Crippen LogP contribution is 2.46. The molecule has 0 aliphatic carbocycles. The van der Waals surface area contributed by atoms with Crippen LogP contribution in [0.3, 0.4) is 0 Å². The largest absolute Gasteiger partial charge is 0.453 e. The van der Waals surface area contributed by atoms with Crippen LogP contribution in [-0.4, -0.2) is 25.4 Å². The van der Waals surface area contributed by atoms with E-state index in [0.29, 0.717) is 9.91 Å². The molecule has 1 aliphatic rings. The second kappa shape index (κ2) is 7.99. The Hall–Kier alpha value is -2.56. The third-order valence-electron chi connectivity index (χ3n) is 4.22. The van der Waals surface area contributed by atoms with Crippen LogP contribution in [-0.2, 0) is 16.0 Å². The van der Waals surface area contributed by atoms with Crippen molar-refractivity contribution in [2.45, 2.75) is 25.2 Å². The minimum Gasteiger partial charge on any atom is -0.453 e. The number of aryl methyl sites for hydroxylation is 2. The highest BCUT2D eigenvalue weighted by molar-refractivity contribution is 8.03. The molecule has 5 nitrogen and oxygen atoms in total. The number of thioether (sulfide) groups is 1. The molecule has 27 heavy (non-hydrogen) atoms. The maximum Gasteiger partial charge on any atom is 0.348 e. The molecule has 0 N–H and O–H groups in total. The molecule has 0 bridgehead atoms. The molecule has 0 unspecified atom stereocenters. The first kappa shape index (κ1) is 19.2. The molecular weight excluding hydrogens is 380 g/mol. The van der Waals surface area contributed by atoms with Crippen molar-refractivity contribution in [2.75, 3.05) is 18.6 Å². The summed E-state index contributed by atoms with van der Waals surface area (Å²) in [6, 6.07) is 11.4. The van der Waals surface area contributed by atoms with Gasteiger partial charge in [0.15, 0.2) is 6.61 Å². The number of nitrogens with zero attached hydrogens (tertiary/aromatic N) is 2. The van der Waals surface area contributed by atoms with E-state index in [9.17, 15) is 14.9 Å². The first-order chi connectivity index (χ1) is 13.0. The van der Waals surface area contributed by atoms with Gasteiger partial charge in [0, 0.05) is 16.8 Å². The fraction of sp³-hybridized carbons (Fsp3) is 0.250. The van der Waals surface area contributed by atoms with Crippen molar-refractivity contribution >= 4 is 40.5 Å². The van der Waals surface area contributed by atoms with E-state index in [0.717, 1.165) is 27.4 Å². The molecule has 7 heteroatoms. The van der Waals surface area contributed by atoms with Crippen LogP contribution in [0.1, 0.15) is 27.0 Å². The zero-order valence-electron chi connectivity index (χ0n) is 15.2. The summed E-state index contributed by atoms with van der Waals surface area (Å²) < 4.78 is 5.17. The van der Waals surface area contributed by atoms with Gasteiger partial charge >= 0.3 is 5.97 Å². The van der Waals surface area contributed by atoms with Crippen molar-refractivity contribution in [3.05, 3.63) is 56.3 Å². The number of thiophene rings is 1. The van der Waals surface area contributed by atoms with Gasteiger partial charge in [0.05, 0.1) is 5.69 Å². The molecule has 1 aromatic carbocycles. The Morgan fingerprint density at radius 1 is 1.30 bits per heavy atom. The van der Waals surface area contributed by atoms with Crippen molar-refractivity contribution in [1.82, 2.24) is 0 Å². The Morgan fingerprint density at radius 3 is 2.67 bits per heavy atom. The number of carbonyl (C=O) groups excluding carboxylic acids is 2. The first-order valence-corrected chi connectivity index (χ1v) is 10.0. The van der Waals surface area contributed by atoms with Crippen LogP contribution in [0.5, 0.6) is 0 Å². The number of Topliss-reactive ketones (excluding diaryl/α,β-unsaturated/α-hetero) is 1. The number of anilines is 1. The summed E-state index contributed by atoms with van der Waals surface area (Å²) in [5, 5.41) is 10.1. The lowest BCUT2D eigenvalue weighted by molar-refractivity contribution is -0.118. The number of nitriles is 1. The van der Waals surface area contributed by atoms with Gasteiger partial charge in [-0.05, 0) is 37.1 Å². The molecular formula is C20H18N2O3S2. The maximum atomic E-state index is 12.5. The number of fused-ring (bicyclic) bond motifs is 1. The maximum absolute atomic E-state index is 12.5. The molecule has 2 aromatic rings. The van der Waals surface area contributed by atoms with Crippen molar-refractivity contribution < 1.29 is 14.3 Å². The zero-order valence-corrected chi connectivity index (χ0v) is 16.9. The van der Waals surface area contributed by atoms with E-state index in [1.807, 2.05) is 56.1 Å². The highest BCUT2D eigenvalue weighted by Gasteiger charge is 2.28. The SMILES string of the molecule is CCc1sc(C(=O)OCC(=O)/C(C#N)=C2\Sc3ccccc3N2C)cc1C. The van der Waals surface area contributed by atoms with E-state index in [-0.39, 0.29) is 5.57 Å². The van der Waals surface area contributed by atoms with Crippen molar-refractivity contribution in [2.24, 2.45) is 0 Å². The highest BCUT2D eigenvalue weighted by atomic mass is 32.2. The number of hydrogen-bond acceptors (Lipinski definition) is 7. The predicted octanol–water partition coefficient (Wildman–Crippen LogP) is 4.32. The third-order valence-corrected chi connectivity index (χ3v) is 6.82. The van der Waals surface area contributed by atoms with Gasteiger partial charge in [-0.2, -0.15) is 5.26 Å². The lowest BCUT2D eigenvalue weighted by atomic mass is 10.2. The fourth-order valence-electron chi connectivity index (χ4n) is 2.80. The molecule has 0 spiro atoms. The monoisotopic (exact) mass is 398 g/mol. The van der Waals surface area contributed by atoms with Crippen molar-refractivity contribution in [3.8, 4) is 6.07 Å². The number of rotatable bonds is 5. The molecule has 1 aromatic heterocycles. The molecule has 0 saturated heterocycles. The molecule has 0 amide bonds. The van der Waals surface area contributed by atoms with Crippen molar-refractivity contribution in [1.29, 1.82) is 5.26 Å². The molecule has 2 heterocycles. The Kier molecular flexibility index (Phi) is 5.68. The van der Waals surface area contributed by atoms with Crippen LogP contribution in [0, 0.1) is 18.3 Å². The summed E-state index contributed by atoms with van der Waals surface area (Å²) in [6.45, 7) is 3.52. The smallest absolute Gasteiger partial charge is 0.348 e. The van der Waals surface area contributed by atoms with Gasteiger partial charge < -0.3 is 9.64 Å². The predicted molar refractivity (Wildman–Crippen MR) is 107 cm³/mol. The fourth-order valence-corrected chi connectivity index (χ4v) is 4.97. The minimum absolute atomic E-state index is 0.00288. The summed E-state index contributed by atoms with van der Waals surface area (Å²) in [6.07, 6.45) is 0.845. The van der Waals surface area contributed by atoms with Gasteiger partial charge in [-0.3, -0.25) is 4.79 Å². The molecule has 3 rings (SSSR count). The summed E-state index contributed by atoms with van der Waals surface area (Å²) in [5.74, 6) is -1.04. The van der Waals surface area contributed by atoms with E-state index in [2.05, 4.69) is 0 Å². The summed E-state index contributed by atoms with van der Waals surface area (Å²) in [5.41, 5.74) is 1.99. The molecule has 1 aliphatic heterocycles. The quantitative estimate of drug-likeness (QED) is 0.424. The normalized spacial score (nSPS) is 14.5. The summed E-state index contributed by atoms with van der Waals surface area (Å²) in [7, 11) is 1.81. The summed E-state index contributed by atoms with van der Waals surface area (Å²) in [4.78, 5) is 29.1. The molecule has 0 saturated carbocycles. The van der Waals surface area contributed by atoms with Gasteiger partial charge in [-0.25, -0.2) is 4.79 Å². The molecule has 0 radical (unpaired) electrons. The number of esters is 1. The second-order valence-corrected chi connectivity index (χ2v) is 8.16. The average Bonchev–Trinajstić information content (AvgIpc) is 3.21. The lowest BCUT2D eigenvalue weighted by Crippen LogP contribution is -2.19. The van der Waals surface area contributed by atoms with Gasteiger partial charge in [0.1, 0.15) is 21.5 Å². The number of hydrogen-bond donors (Lipinski definition) is 0. The van der Waals surface area contributed by atoms with Crippen LogP contribution in [0.2, 0.25) is 0 Å². The third kappa shape index (κ3) is 3.77. The molecule has 0 fully saturated rings. The van der Waals surface area contributed by atoms with Crippen LogP contribution in [0.15, 0.2) is 45.8 Å². The van der Waals surface area contributed by atoms with E-state index >= 15 is 0 Å². The van der Waals surface area contributed by atoms with Gasteiger partial charge in [-0.15, -0.1) is 11.3 Å². The number of carbonyl (C=O) groups is 2. The zero-order chi connectivity index (χ0) is 19.6. The lowest BCUT2D eigenvalue weighted by Gasteiger charge is -2.14. The second-order valence-electron chi connectivity index (χ2n) is 5.99. The molecule has 0 atom stereocenters. The van der Waals surface area contributed by atoms with Crippen LogP contribution >= 0.6 is 23.1 Å². The standard InChI is InChI=1S/C20H18N2O3S2/c1-4-16-12(2)9-18(26-16)20(24)25-11-15(23)13(10-21)19-22(3)14-7-5-6-8-17(14)27-19/h5-9H,4,11H2,1-3H3/b19-13-. The van der Waals surface area contributed by atoms with Crippen LogP contribution in [0.25, 0.3) is 0 Å². The average molecular weight is 399 g/mol. The van der Waals surface area contributed by atoms with E-state index < -0.39 is 18.4 Å². The molecule has 138 valence electrons. The van der Waals surface area contributed by atoms with E-state index in [1.54, 1.807) is 6.07 Å². The van der Waals surface area contributed by atoms with Gasteiger partial charge in [0.25, 0.3) is 0 Å². The first-order valence-electron chi connectivity index (χ1n) is 8.40. The number of benzene rings is 1. The Labute approximate surface area is 166 Å². The van der Waals surface area contributed by atoms with Crippen LogP contribution in [0.4, 0.5) is 5.69 Å². The van der Waals surface area contributed by atoms with Gasteiger partial charge in [-0.1, -0.05) is 30.8 Å². The van der Waals surface area contributed by atoms with E-state index in [1.165, 1.54) is 23.1 Å². The van der Waals surface area contributed by atoms with Gasteiger partial charge in [0.2, 0.25) is 5.78 Å². The Balaban J connectivity index is 1.73. The van der Waals surface area contributed by atoms with E-state index in [4.69, 9.17) is 4.74 Å². The topological polar surface area (TPSA) is 70.4 Å². The number of para-hydroxylation sites is 1. The Bertz CT molecular complexity index is 985. The van der Waals surface area contributed by atoms with Crippen LogP contribution < -0.4 is 4.90 Å². The Morgan fingerprint density at radius 2 is 2.04 bits per heavy atom. The minimum atomic E-state index is -0.533. The summed E-state index contributed by atoms with van der Waals surface area (Å²) >= 11 is 2.74. The van der Waals surface area contributed by atoms with Crippen molar-refractivity contribution in [3.63, 3.8) is 0 Å². The number of ketones is 1.